The highest BCUT2D eigenvalue weighted by molar-refractivity contribution is 5.10. The molecular formula is C22H42. The minimum absolute atomic E-state index is 0.236. The van der Waals surface area contributed by atoms with Gasteiger partial charge in [-0.2, -0.15) is 0 Å². The summed E-state index contributed by atoms with van der Waals surface area (Å²) in [5, 5.41) is 0. The normalized spacial score (nSPS) is 18.2. The smallest absolute Gasteiger partial charge is 0.0117 e. The molecule has 0 rings (SSSR count). The fourth-order valence-electron chi connectivity index (χ4n) is 2.68. The average Bonchev–Trinajstić information content (AvgIpc) is 2.15. The Bertz CT molecular complexity index is 340. The van der Waals surface area contributed by atoms with Crippen molar-refractivity contribution < 1.29 is 0 Å². The van der Waals surface area contributed by atoms with Crippen molar-refractivity contribution in [1.29, 1.82) is 0 Å². The summed E-state index contributed by atoms with van der Waals surface area (Å²) in [4.78, 5) is 0. The van der Waals surface area contributed by atoms with Crippen LogP contribution in [0.5, 0.6) is 0 Å². The Balaban J connectivity index is 5.79. The molecule has 0 radical (unpaired) electrons. The maximum atomic E-state index is 2.48. The predicted octanol–water partition coefficient (Wildman–Crippen LogP) is 7.52. The molecule has 0 heterocycles. The van der Waals surface area contributed by atoms with Crippen molar-refractivity contribution in [1.82, 2.24) is 0 Å². The van der Waals surface area contributed by atoms with E-state index in [-0.39, 0.29) is 21.7 Å². The lowest BCUT2D eigenvalue weighted by Gasteiger charge is -2.41. The first-order valence-electron chi connectivity index (χ1n) is 8.82. The number of rotatable bonds is 3. The summed E-state index contributed by atoms with van der Waals surface area (Å²) in [6.07, 6.45) is 9.74. The number of hydrogen-bond acceptors (Lipinski definition) is 0. The van der Waals surface area contributed by atoms with E-state index in [1.54, 1.807) is 0 Å². The summed E-state index contributed by atoms with van der Waals surface area (Å²) in [6.45, 7) is 27.9. The lowest BCUT2D eigenvalue weighted by Crippen LogP contribution is -2.34. The molecule has 0 N–H and O–H groups in total. The van der Waals surface area contributed by atoms with Crippen molar-refractivity contribution in [2.75, 3.05) is 0 Å². The summed E-state index contributed by atoms with van der Waals surface area (Å²) < 4.78 is 0. The lowest BCUT2D eigenvalue weighted by atomic mass is 9.63. The third-order valence-corrected chi connectivity index (χ3v) is 3.99. The topological polar surface area (TPSA) is 0 Å². The van der Waals surface area contributed by atoms with Gasteiger partial charge in [-0.1, -0.05) is 107 Å². The van der Waals surface area contributed by atoms with Gasteiger partial charge in [-0.25, -0.2) is 0 Å². The monoisotopic (exact) mass is 306 g/mol. The molecule has 0 spiro atoms. The van der Waals surface area contributed by atoms with Crippen LogP contribution in [-0.2, 0) is 0 Å². The SMILES string of the molecule is CC(C)(C)/C=C\[C@H]([C@@H](/C=C\C(C)(C)C)C(C)(C)C)C(C)(C)C. The van der Waals surface area contributed by atoms with Gasteiger partial charge < -0.3 is 0 Å². The summed E-state index contributed by atoms with van der Waals surface area (Å²) in [6, 6.07) is 0. The van der Waals surface area contributed by atoms with E-state index < -0.39 is 0 Å². The lowest BCUT2D eigenvalue weighted by molar-refractivity contribution is 0.141. The van der Waals surface area contributed by atoms with Gasteiger partial charge >= 0.3 is 0 Å². The quantitative estimate of drug-likeness (QED) is 0.473. The first kappa shape index (κ1) is 21.5. The third kappa shape index (κ3) is 8.81. The van der Waals surface area contributed by atoms with Gasteiger partial charge in [0.15, 0.2) is 0 Å². The summed E-state index contributed by atoms with van der Waals surface area (Å²) in [5.41, 5.74) is 0.975. The molecule has 0 fully saturated rings. The van der Waals surface area contributed by atoms with Crippen molar-refractivity contribution in [3.63, 3.8) is 0 Å². The van der Waals surface area contributed by atoms with Gasteiger partial charge in [0.1, 0.15) is 0 Å². The van der Waals surface area contributed by atoms with Gasteiger partial charge in [0, 0.05) is 0 Å². The highest BCUT2D eigenvalue weighted by Gasteiger charge is 2.36. The first-order chi connectivity index (χ1) is 9.43. The fourth-order valence-corrected chi connectivity index (χ4v) is 2.68. The Morgan fingerprint density at radius 1 is 0.455 bits per heavy atom. The second-order valence-electron chi connectivity index (χ2n) is 11.2. The highest BCUT2D eigenvalue weighted by Crippen LogP contribution is 2.44. The van der Waals surface area contributed by atoms with E-state index in [1.807, 2.05) is 0 Å². The van der Waals surface area contributed by atoms with E-state index in [2.05, 4.69) is 107 Å². The fraction of sp³-hybridized carbons (Fsp3) is 0.818. The molecule has 2 atom stereocenters. The summed E-state index contributed by atoms with van der Waals surface area (Å²) in [7, 11) is 0. The van der Waals surface area contributed by atoms with Crippen LogP contribution < -0.4 is 0 Å². The molecule has 130 valence electrons. The maximum Gasteiger partial charge on any atom is -0.0117 e. The van der Waals surface area contributed by atoms with Crippen LogP contribution in [0, 0.1) is 33.5 Å². The van der Waals surface area contributed by atoms with E-state index in [4.69, 9.17) is 0 Å². The minimum Gasteiger partial charge on any atom is -0.0838 e. The van der Waals surface area contributed by atoms with Crippen LogP contribution >= 0.6 is 0 Å². The second-order valence-corrected chi connectivity index (χ2v) is 11.2. The summed E-state index contributed by atoms with van der Waals surface area (Å²) in [5.74, 6) is 1.07. The van der Waals surface area contributed by atoms with Crippen molar-refractivity contribution in [3.05, 3.63) is 24.3 Å². The van der Waals surface area contributed by atoms with Gasteiger partial charge in [-0.05, 0) is 33.5 Å². The molecule has 0 aromatic carbocycles. The molecule has 0 aliphatic carbocycles. The maximum absolute atomic E-state index is 2.48. The van der Waals surface area contributed by atoms with Gasteiger partial charge in [0.25, 0.3) is 0 Å². The molecule has 0 aliphatic rings. The van der Waals surface area contributed by atoms with E-state index in [1.165, 1.54) is 0 Å². The van der Waals surface area contributed by atoms with Gasteiger partial charge in [-0.15, -0.1) is 0 Å². The largest absolute Gasteiger partial charge is 0.0838 e. The zero-order valence-corrected chi connectivity index (χ0v) is 17.5. The highest BCUT2D eigenvalue weighted by atomic mass is 14.4. The zero-order chi connectivity index (χ0) is 18.0. The van der Waals surface area contributed by atoms with Crippen molar-refractivity contribution >= 4 is 0 Å². The Morgan fingerprint density at radius 2 is 0.682 bits per heavy atom. The van der Waals surface area contributed by atoms with Crippen LogP contribution in [0.25, 0.3) is 0 Å². The molecule has 0 saturated heterocycles. The minimum atomic E-state index is 0.236. The molecule has 0 amide bonds. The van der Waals surface area contributed by atoms with Crippen LogP contribution in [0.15, 0.2) is 24.3 Å². The first-order valence-corrected chi connectivity index (χ1v) is 8.82. The third-order valence-electron chi connectivity index (χ3n) is 3.99. The molecule has 0 heteroatoms. The van der Waals surface area contributed by atoms with Crippen LogP contribution in [0.1, 0.15) is 83.1 Å². The molecule has 22 heavy (non-hydrogen) atoms. The standard InChI is InChI=1S/C22H42/c1-19(2,3)15-13-17(21(7,8)9)18(22(10,11)12)14-16-20(4,5)6/h13-18H,1-12H3/b15-13-,16-14-/t17-,18-/m1/s1. The van der Waals surface area contributed by atoms with Gasteiger partial charge in [0.05, 0.1) is 0 Å². The Hall–Kier alpha value is -0.520. The molecule has 0 unspecified atom stereocenters. The van der Waals surface area contributed by atoms with E-state index in [9.17, 15) is 0 Å². The van der Waals surface area contributed by atoms with E-state index in [0.29, 0.717) is 11.8 Å². The molecule has 0 aliphatic heterocycles. The zero-order valence-electron chi connectivity index (χ0n) is 17.5. The number of hydrogen-bond donors (Lipinski definition) is 0. The van der Waals surface area contributed by atoms with Crippen LogP contribution in [0.3, 0.4) is 0 Å². The Kier molecular flexibility index (Phi) is 6.77. The van der Waals surface area contributed by atoms with Gasteiger partial charge in [-0.3, -0.25) is 0 Å². The van der Waals surface area contributed by atoms with E-state index in [0.717, 1.165) is 0 Å². The molecule has 0 nitrogen and oxygen atoms in total. The van der Waals surface area contributed by atoms with Gasteiger partial charge in [0.2, 0.25) is 0 Å². The predicted molar refractivity (Wildman–Crippen MR) is 103 cm³/mol. The Labute approximate surface area is 141 Å². The van der Waals surface area contributed by atoms with Crippen molar-refractivity contribution in [2.24, 2.45) is 33.5 Å². The van der Waals surface area contributed by atoms with Crippen LogP contribution in [0.4, 0.5) is 0 Å². The van der Waals surface area contributed by atoms with Crippen LogP contribution in [-0.4, -0.2) is 0 Å². The summed E-state index contributed by atoms with van der Waals surface area (Å²) >= 11 is 0. The number of allylic oxidation sites excluding steroid dienone is 4. The van der Waals surface area contributed by atoms with Crippen molar-refractivity contribution in [3.8, 4) is 0 Å². The molecule has 0 saturated carbocycles. The van der Waals surface area contributed by atoms with E-state index >= 15 is 0 Å². The average molecular weight is 307 g/mol. The molecule has 0 aromatic rings. The van der Waals surface area contributed by atoms with Crippen molar-refractivity contribution in [2.45, 2.75) is 83.1 Å². The van der Waals surface area contributed by atoms with Crippen LogP contribution in [0.2, 0.25) is 0 Å². The Morgan fingerprint density at radius 3 is 0.818 bits per heavy atom. The molecule has 0 aromatic heterocycles. The second kappa shape index (κ2) is 6.93. The molecular weight excluding hydrogens is 264 g/mol. The molecule has 0 bridgehead atoms.